The van der Waals surface area contributed by atoms with Crippen molar-refractivity contribution >= 4 is 30.6 Å². The summed E-state index contributed by atoms with van der Waals surface area (Å²) in [6, 6.07) is 0. The number of carbonyl (C=O) groups is 1. The van der Waals surface area contributed by atoms with Gasteiger partial charge in [-0.2, -0.15) is 0 Å². The maximum absolute atomic E-state index is 9.44. The quantitative estimate of drug-likeness (QED) is 0.536. The first kappa shape index (κ1) is 41.1. The molecule has 8 heavy (non-hydrogen) atoms. The van der Waals surface area contributed by atoms with Crippen LogP contribution in [0.5, 0.6) is 0 Å². The van der Waals surface area contributed by atoms with Crippen molar-refractivity contribution in [3.8, 4) is 0 Å². The first-order valence-electron chi connectivity index (χ1n) is 1.20. The Kier molecular flexibility index (Phi) is 138. The molecule has 0 aliphatic carbocycles. The molecule has 3 heteroatoms. The van der Waals surface area contributed by atoms with E-state index < -0.39 is 0 Å². The lowest BCUT2D eigenvalue weighted by atomic mass is 10.6. The number of carbonyl (C=O) groups excluding carboxylic acids is 1. The van der Waals surface area contributed by atoms with Crippen LogP contribution in [-0.4, -0.2) is 5.78 Å². The number of ketones is 1. The van der Waals surface area contributed by atoms with Crippen molar-refractivity contribution in [3.05, 3.63) is 0 Å². The molecular formula is C5H16Cl2O. The van der Waals surface area contributed by atoms with Crippen LogP contribution in [0, 0.1) is 0 Å². The Bertz CT molecular complexity index is 33.4. The molecule has 0 radical (unpaired) electrons. The summed E-state index contributed by atoms with van der Waals surface area (Å²) in [5, 5.41) is 0. The average Bonchev–Trinajstić information content (AvgIpc) is 0.811. The smallest absolute Gasteiger partial charge is 0.126 e. The van der Waals surface area contributed by atoms with E-state index in [4.69, 9.17) is 0 Å². The summed E-state index contributed by atoms with van der Waals surface area (Å²) in [4.78, 5) is 9.44. The number of hydrogen-bond donors (Lipinski definition) is 0. The Morgan fingerprint density at radius 3 is 1.00 bits per heavy atom. The Labute approximate surface area is 64.7 Å². The molecule has 0 atom stereocenters. The molecule has 0 saturated heterocycles. The van der Waals surface area contributed by atoms with Crippen molar-refractivity contribution in [1.29, 1.82) is 0 Å². The molecule has 0 N–H and O–H groups in total. The fourth-order valence-electron chi connectivity index (χ4n) is 0. The van der Waals surface area contributed by atoms with Gasteiger partial charge in [0.2, 0.25) is 0 Å². The highest BCUT2D eigenvalue weighted by Crippen LogP contribution is 1.50. The van der Waals surface area contributed by atoms with Gasteiger partial charge in [-0.15, -0.1) is 24.8 Å². The van der Waals surface area contributed by atoms with Crippen molar-refractivity contribution in [2.24, 2.45) is 0 Å². The summed E-state index contributed by atoms with van der Waals surface area (Å²) in [5.74, 6) is 0.167. The second-order valence-electron chi connectivity index (χ2n) is 0.908. The molecule has 0 aromatic rings. The van der Waals surface area contributed by atoms with Crippen LogP contribution >= 0.6 is 24.8 Å². The Morgan fingerprint density at radius 1 is 1.00 bits per heavy atom. The van der Waals surface area contributed by atoms with Gasteiger partial charge in [0.15, 0.2) is 0 Å². The topological polar surface area (TPSA) is 17.1 Å². The monoisotopic (exact) mass is 162 g/mol. The van der Waals surface area contributed by atoms with E-state index in [1.54, 1.807) is 0 Å². The molecule has 0 aliphatic heterocycles. The Morgan fingerprint density at radius 2 is 1.00 bits per heavy atom. The van der Waals surface area contributed by atoms with Crippen LogP contribution in [-0.2, 0) is 4.79 Å². The predicted molar refractivity (Wildman–Crippen MR) is 44.3 cm³/mol. The van der Waals surface area contributed by atoms with Gasteiger partial charge >= 0.3 is 0 Å². The molecule has 0 saturated carbocycles. The highest BCUT2D eigenvalue weighted by molar-refractivity contribution is 5.85. The first-order chi connectivity index (χ1) is 1.73. The van der Waals surface area contributed by atoms with Crippen molar-refractivity contribution in [1.82, 2.24) is 0 Å². The lowest BCUT2D eigenvalue weighted by molar-refractivity contribution is -0.114. The molecule has 0 aliphatic rings. The van der Waals surface area contributed by atoms with Crippen LogP contribution in [0.3, 0.4) is 0 Å². The Balaban J connectivity index is -0.00000000750. The summed E-state index contributed by atoms with van der Waals surface area (Å²) in [6.45, 7) is 3.06. The molecule has 0 unspecified atom stereocenters. The lowest BCUT2D eigenvalue weighted by Gasteiger charge is -1.56. The van der Waals surface area contributed by atoms with E-state index in [1.165, 1.54) is 13.8 Å². The maximum Gasteiger partial charge on any atom is 0.126 e. The van der Waals surface area contributed by atoms with Gasteiger partial charge in [-0.05, 0) is 13.8 Å². The fourth-order valence-corrected chi connectivity index (χ4v) is 0. The van der Waals surface area contributed by atoms with E-state index in [-0.39, 0.29) is 45.5 Å². The zero-order valence-electron chi connectivity index (χ0n) is 3.72. The van der Waals surface area contributed by atoms with Gasteiger partial charge in [-0.1, -0.05) is 14.9 Å². The minimum absolute atomic E-state index is 0. The summed E-state index contributed by atoms with van der Waals surface area (Å²) in [7, 11) is 0. The van der Waals surface area contributed by atoms with Crippen molar-refractivity contribution in [2.45, 2.75) is 28.7 Å². The van der Waals surface area contributed by atoms with Gasteiger partial charge in [0.1, 0.15) is 5.78 Å². The highest BCUT2D eigenvalue weighted by Gasteiger charge is 1.62. The minimum atomic E-state index is 0. The third-order valence-electron chi connectivity index (χ3n) is 0. The second kappa shape index (κ2) is 26.8. The SMILES string of the molecule is C.C.CC(C)=O.Cl.Cl. The van der Waals surface area contributed by atoms with Crippen molar-refractivity contribution < 1.29 is 4.79 Å². The average molecular weight is 163 g/mol. The molecule has 0 heterocycles. The van der Waals surface area contributed by atoms with Crippen LogP contribution in [0.25, 0.3) is 0 Å². The van der Waals surface area contributed by atoms with E-state index in [1.807, 2.05) is 0 Å². The van der Waals surface area contributed by atoms with E-state index in [0.29, 0.717) is 0 Å². The molecule has 0 amide bonds. The normalized spacial score (nSPS) is 3.25. The zero-order valence-corrected chi connectivity index (χ0v) is 5.36. The van der Waals surface area contributed by atoms with Crippen LogP contribution in [0.15, 0.2) is 0 Å². The summed E-state index contributed by atoms with van der Waals surface area (Å²) >= 11 is 0. The highest BCUT2D eigenvalue weighted by atomic mass is 35.5. The largest absolute Gasteiger partial charge is 0.300 e. The summed E-state index contributed by atoms with van der Waals surface area (Å²) in [5.41, 5.74) is 0. The third kappa shape index (κ3) is 2760. The zero-order chi connectivity index (χ0) is 3.58. The van der Waals surface area contributed by atoms with Gasteiger partial charge in [0.05, 0.1) is 0 Å². The number of rotatable bonds is 0. The van der Waals surface area contributed by atoms with Crippen LogP contribution in [0.1, 0.15) is 28.7 Å². The van der Waals surface area contributed by atoms with Gasteiger partial charge in [0.25, 0.3) is 0 Å². The standard InChI is InChI=1S/C3H6O.2CH4.2ClH/c1-3(2)4;;;;/h1-2H3;2*1H4;2*1H. The van der Waals surface area contributed by atoms with Gasteiger partial charge in [-0.25, -0.2) is 0 Å². The van der Waals surface area contributed by atoms with Crippen molar-refractivity contribution in [3.63, 3.8) is 0 Å². The molecule has 1 nitrogen and oxygen atoms in total. The van der Waals surface area contributed by atoms with Crippen LogP contribution in [0.2, 0.25) is 0 Å². The molecule has 56 valence electrons. The maximum atomic E-state index is 9.44. The molecule has 0 aromatic heterocycles. The second-order valence-corrected chi connectivity index (χ2v) is 0.908. The molecule has 0 rings (SSSR count). The van der Waals surface area contributed by atoms with Gasteiger partial charge in [-0.3, -0.25) is 0 Å². The van der Waals surface area contributed by atoms with E-state index in [9.17, 15) is 4.79 Å². The van der Waals surface area contributed by atoms with E-state index in [0.717, 1.165) is 0 Å². The lowest BCUT2D eigenvalue weighted by Crippen LogP contribution is -1.69. The number of Topliss-reactive ketones (excluding diaryl/α,β-unsaturated/α-hetero) is 1. The minimum Gasteiger partial charge on any atom is -0.300 e. The van der Waals surface area contributed by atoms with Gasteiger partial charge < -0.3 is 4.79 Å². The molecule has 0 fully saturated rings. The van der Waals surface area contributed by atoms with E-state index in [2.05, 4.69) is 0 Å². The molecule has 0 aromatic carbocycles. The van der Waals surface area contributed by atoms with Crippen molar-refractivity contribution in [2.75, 3.05) is 0 Å². The predicted octanol–water partition coefficient (Wildman–Crippen LogP) is 2.71. The fraction of sp³-hybridized carbons (Fsp3) is 0.800. The number of hydrogen-bond acceptors (Lipinski definition) is 1. The van der Waals surface area contributed by atoms with Crippen LogP contribution in [0.4, 0.5) is 0 Å². The Hall–Kier alpha value is 0.250. The van der Waals surface area contributed by atoms with Gasteiger partial charge in [0, 0.05) is 0 Å². The third-order valence-corrected chi connectivity index (χ3v) is 0. The molecule has 0 bridgehead atoms. The molecule has 0 spiro atoms. The first-order valence-corrected chi connectivity index (χ1v) is 1.20. The number of halogens is 2. The summed E-state index contributed by atoms with van der Waals surface area (Å²) < 4.78 is 0. The van der Waals surface area contributed by atoms with E-state index >= 15 is 0 Å². The summed E-state index contributed by atoms with van der Waals surface area (Å²) in [6.07, 6.45) is 0. The molecular weight excluding hydrogens is 147 g/mol. The van der Waals surface area contributed by atoms with Crippen LogP contribution < -0.4 is 0 Å².